The van der Waals surface area contributed by atoms with Crippen molar-refractivity contribution >= 4 is 0 Å². The highest BCUT2D eigenvalue weighted by molar-refractivity contribution is 5.13. The van der Waals surface area contributed by atoms with Crippen molar-refractivity contribution in [3.05, 3.63) is 48.0 Å². The number of aliphatic hydroxyl groups is 1. The molecule has 2 heteroatoms. The van der Waals surface area contributed by atoms with Crippen LogP contribution in [0.4, 0.5) is 0 Å². The van der Waals surface area contributed by atoms with Crippen LogP contribution in [-0.4, -0.2) is 17.3 Å². The quantitative estimate of drug-likeness (QED) is 0.188. The minimum atomic E-state index is -0.397. The van der Waals surface area contributed by atoms with Gasteiger partial charge in [-0.3, -0.25) is 0 Å². The molecule has 0 bridgehead atoms. The lowest BCUT2D eigenvalue weighted by molar-refractivity contribution is 0.00678. The van der Waals surface area contributed by atoms with Gasteiger partial charge >= 0.3 is 0 Å². The zero-order chi connectivity index (χ0) is 21.0. The van der Waals surface area contributed by atoms with Gasteiger partial charge in [0.2, 0.25) is 0 Å². The monoisotopic (exact) mass is 402 g/mol. The molecule has 2 nitrogen and oxygen atoms in total. The molecule has 1 aromatic carbocycles. The molecule has 1 aromatic rings. The molecule has 0 radical (unpaired) electrons. The molecular weight excluding hydrogens is 356 g/mol. The second-order valence-corrected chi connectivity index (χ2v) is 8.41. The molecule has 1 N–H and O–H groups in total. The van der Waals surface area contributed by atoms with Crippen molar-refractivity contribution < 1.29 is 9.84 Å². The Morgan fingerprint density at radius 1 is 0.828 bits per heavy atom. The van der Waals surface area contributed by atoms with E-state index in [9.17, 15) is 5.11 Å². The number of hydrogen-bond donors (Lipinski definition) is 1. The second kappa shape index (κ2) is 18.9. The summed E-state index contributed by atoms with van der Waals surface area (Å²) in [6.45, 7) is 5.12. The number of ether oxygens (including phenoxy) is 1. The first-order valence-corrected chi connectivity index (χ1v) is 12.3. The molecule has 29 heavy (non-hydrogen) atoms. The van der Waals surface area contributed by atoms with E-state index in [1.807, 2.05) is 12.1 Å². The van der Waals surface area contributed by atoms with Crippen LogP contribution in [0.5, 0.6) is 0 Å². The lowest BCUT2D eigenvalue weighted by atomic mass is 10.0. The highest BCUT2D eigenvalue weighted by atomic mass is 16.5. The second-order valence-electron chi connectivity index (χ2n) is 8.41. The number of hydrogen-bond acceptors (Lipinski definition) is 2. The van der Waals surface area contributed by atoms with E-state index in [1.165, 1.54) is 76.2 Å². The third-order valence-electron chi connectivity index (χ3n) is 5.55. The topological polar surface area (TPSA) is 29.5 Å². The van der Waals surface area contributed by atoms with E-state index >= 15 is 0 Å². The molecule has 0 amide bonds. The standard InChI is InChI=1S/C27H46O2/c1-3-5-7-9-10-11-13-18-22-27(29-24-25-19-15-14-16-20-25)23-26(28)21-17-12-8-6-4-2/h14-17,19-21,26-28H,3-13,18,22-24H2,1-2H3/b21-17+/t26-,27-/m1/s1. The Hall–Kier alpha value is -1.12. The fourth-order valence-electron chi connectivity index (χ4n) is 3.68. The molecule has 0 aliphatic heterocycles. The Labute approximate surface area is 180 Å². The van der Waals surface area contributed by atoms with Crippen LogP contribution >= 0.6 is 0 Å². The predicted octanol–water partition coefficient (Wildman–Crippen LogP) is 7.99. The maximum absolute atomic E-state index is 10.4. The molecule has 0 unspecified atom stereocenters. The first kappa shape index (κ1) is 25.9. The van der Waals surface area contributed by atoms with E-state index in [4.69, 9.17) is 4.74 Å². The van der Waals surface area contributed by atoms with Crippen molar-refractivity contribution in [2.75, 3.05) is 0 Å². The molecule has 0 saturated carbocycles. The van der Waals surface area contributed by atoms with E-state index in [0.29, 0.717) is 13.0 Å². The van der Waals surface area contributed by atoms with Crippen LogP contribution in [0.3, 0.4) is 0 Å². The van der Waals surface area contributed by atoms with Crippen molar-refractivity contribution in [1.29, 1.82) is 0 Å². The Bertz CT molecular complexity index is 483. The summed E-state index contributed by atoms with van der Waals surface area (Å²) in [6.07, 6.45) is 21.0. The normalized spacial score (nSPS) is 13.8. The van der Waals surface area contributed by atoms with Gasteiger partial charge in [0, 0.05) is 6.42 Å². The number of allylic oxidation sites excluding steroid dienone is 1. The summed E-state index contributed by atoms with van der Waals surface area (Å²) < 4.78 is 6.21. The van der Waals surface area contributed by atoms with Crippen LogP contribution < -0.4 is 0 Å². The molecule has 0 aliphatic rings. The third-order valence-corrected chi connectivity index (χ3v) is 5.55. The van der Waals surface area contributed by atoms with Crippen LogP contribution in [0, 0.1) is 0 Å². The maximum Gasteiger partial charge on any atom is 0.0745 e. The Morgan fingerprint density at radius 3 is 2.14 bits per heavy atom. The summed E-state index contributed by atoms with van der Waals surface area (Å²) in [7, 11) is 0. The summed E-state index contributed by atoms with van der Waals surface area (Å²) in [6, 6.07) is 10.4. The van der Waals surface area contributed by atoms with Crippen LogP contribution in [0.25, 0.3) is 0 Å². The van der Waals surface area contributed by atoms with Gasteiger partial charge in [0.25, 0.3) is 0 Å². The number of benzene rings is 1. The van der Waals surface area contributed by atoms with Gasteiger partial charge in [-0.05, 0) is 24.8 Å². The van der Waals surface area contributed by atoms with Crippen LogP contribution in [0.1, 0.15) is 109 Å². The number of unbranched alkanes of at least 4 members (excludes halogenated alkanes) is 10. The minimum Gasteiger partial charge on any atom is -0.389 e. The smallest absolute Gasteiger partial charge is 0.0745 e. The van der Waals surface area contributed by atoms with E-state index in [1.54, 1.807) is 0 Å². The molecular formula is C27H46O2. The highest BCUT2D eigenvalue weighted by Gasteiger charge is 2.13. The van der Waals surface area contributed by atoms with E-state index < -0.39 is 6.10 Å². The van der Waals surface area contributed by atoms with E-state index in [0.717, 1.165) is 12.8 Å². The van der Waals surface area contributed by atoms with Crippen molar-refractivity contribution in [3.63, 3.8) is 0 Å². The summed E-state index contributed by atoms with van der Waals surface area (Å²) in [5, 5.41) is 10.4. The van der Waals surface area contributed by atoms with Gasteiger partial charge < -0.3 is 9.84 Å². The van der Waals surface area contributed by atoms with Crippen LogP contribution in [-0.2, 0) is 11.3 Å². The molecule has 0 saturated heterocycles. The molecule has 0 aliphatic carbocycles. The average molecular weight is 403 g/mol. The van der Waals surface area contributed by atoms with Gasteiger partial charge in [-0.25, -0.2) is 0 Å². The van der Waals surface area contributed by atoms with Gasteiger partial charge in [-0.2, -0.15) is 0 Å². The molecule has 0 spiro atoms. The Balaban J connectivity index is 2.33. The SMILES string of the molecule is CCCCC/C=C/[C@@H](O)C[C@@H](CCCCCCCCCC)OCc1ccccc1. The summed E-state index contributed by atoms with van der Waals surface area (Å²) in [5.74, 6) is 0. The van der Waals surface area contributed by atoms with Crippen molar-refractivity contribution in [2.45, 2.75) is 123 Å². The fourth-order valence-corrected chi connectivity index (χ4v) is 3.68. The predicted molar refractivity (Wildman–Crippen MR) is 126 cm³/mol. The fraction of sp³-hybridized carbons (Fsp3) is 0.704. The summed E-state index contributed by atoms with van der Waals surface area (Å²) in [4.78, 5) is 0. The maximum atomic E-state index is 10.4. The Morgan fingerprint density at radius 2 is 1.45 bits per heavy atom. The van der Waals surface area contributed by atoms with Crippen LogP contribution in [0.2, 0.25) is 0 Å². The molecule has 0 aromatic heterocycles. The minimum absolute atomic E-state index is 0.130. The Kier molecular flexibility index (Phi) is 16.9. The van der Waals surface area contributed by atoms with Gasteiger partial charge in [-0.15, -0.1) is 0 Å². The van der Waals surface area contributed by atoms with Gasteiger partial charge in [0.15, 0.2) is 0 Å². The average Bonchev–Trinajstić information content (AvgIpc) is 2.74. The first-order valence-electron chi connectivity index (χ1n) is 12.3. The van der Waals surface area contributed by atoms with Crippen LogP contribution in [0.15, 0.2) is 42.5 Å². The van der Waals surface area contributed by atoms with E-state index in [-0.39, 0.29) is 6.10 Å². The van der Waals surface area contributed by atoms with Crippen molar-refractivity contribution in [1.82, 2.24) is 0 Å². The highest BCUT2D eigenvalue weighted by Crippen LogP contribution is 2.17. The zero-order valence-corrected chi connectivity index (χ0v) is 19.2. The van der Waals surface area contributed by atoms with Gasteiger partial charge in [0.05, 0.1) is 18.8 Å². The zero-order valence-electron chi connectivity index (χ0n) is 19.2. The molecule has 2 atom stereocenters. The van der Waals surface area contributed by atoms with E-state index in [2.05, 4.69) is 44.2 Å². The lowest BCUT2D eigenvalue weighted by Gasteiger charge is -2.20. The van der Waals surface area contributed by atoms with Crippen molar-refractivity contribution in [3.8, 4) is 0 Å². The number of aliphatic hydroxyl groups excluding tert-OH is 1. The molecule has 0 fully saturated rings. The largest absolute Gasteiger partial charge is 0.389 e. The van der Waals surface area contributed by atoms with Gasteiger partial charge in [-0.1, -0.05) is 121 Å². The third kappa shape index (κ3) is 15.4. The van der Waals surface area contributed by atoms with Crippen molar-refractivity contribution in [2.24, 2.45) is 0 Å². The number of rotatable bonds is 19. The molecule has 0 heterocycles. The summed E-state index contributed by atoms with van der Waals surface area (Å²) in [5.41, 5.74) is 1.21. The molecule has 166 valence electrons. The lowest BCUT2D eigenvalue weighted by Crippen LogP contribution is -2.20. The summed E-state index contributed by atoms with van der Waals surface area (Å²) >= 11 is 0. The van der Waals surface area contributed by atoms with Gasteiger partial charge in [0.1, 0.15) is 0 Å². The molecule has 1 rings (SSSR count). The first-order chi connectivity index (χ1) is 14.3.